The Kier molecular flexibility index (Phi) is 5.03. The highest BCUT2D eigenvalue weighted by Crippen LogP contribution is 2.68. The van der Waals surface area contributed by atoms with E-state index < -0.39 is 0 Å². The van der Waals surface area contributed by atoms with E-state index in [9.17, 15) is 0 Å². The summed E-state index contributed by atoms with van der Waals surface area (Å²) in [6.07, 6.45) is 14.2. The van der Waals surface area contributed by atoms with Crippen molar-refractivity contribution in [2.45, 2.75) is 85.0 Å². The Balaban J connectivity index is 1.56. The molecule has 4 aliphatic carbocycles. The fourth-order valence-electron chi connectivity index (χ4n) is 8.38. The van der Waals surface area contributed by atoms with Crippen molar-refractivity contribution in [2.24, 2.45) is 46.3 Å². The second-order valence-corrected chi connectivity index (χ2v) is 11.0. The van der Waals surface area contributed by atoms with Gasteiger partial charge < -0.3 is 0 Å². The largest absolute Gasteiger partial charge is 0.0917 e. The highest BCUT2D eigenvalue weighted by molar-refractivity contribution is 6.36. The lowest BCUT2D eigenvalue weighted by Gasteiger charge is -2.61. The van der Waals surface area contributed by atoms with Crippen LogP contribution in [0.2, 0.25) is 0 Å². The molecule has 0 saturated heterocycles. The third-order valence-electron chi connectivity index (χ3n) is 9.85. The number of allylic oxidation sites excluding steroid dienone is 1. The van der Waals surface area contributed by atoms with Crippen LogP contribution in [-0.2, 0) is 0 Å². The van der Waals surface area contributed by atoms with Crippen molar-refractivity contribution < 1.29 is 0 Å². The van der Waals surface area contributed by atoms with Crippen LogP contribution in [0, 0.1) is 46.3 Å². The van der Waals surface area contributed by atoms with E-state index in [2.05, 4.69) is 20.8 Å². The molecule has 4 aliphatic rings. The topological polar surface area (TPSA) is 0 Å². The van der Waals surface area contributed by atoms with Crippen LogP contribution in [-0.4, -0.2) is 0 Å². The first-order valence-corrected chi connectivity index (χ1v) is 11.7. The molecular weight excluding hydrogens is 347 g/mol. The quantitative estimate of drug-likeness (QED) is 0.453. The number of halogens is 2. The molecule has 0 nitrogen and oxygen atoms in total. The van der Waals surface area contributed by atoms with Gasteiger partial charge in [0.1, 0.15) is 0 Å². The molecule has 4 rings (SSSR count). The Morgan fingerprint density at radius 2 is 1.68 bits per heavy atom. The van der Waals surface area contributed by atoms with Gasteiger partial charge in [-0.2, -0.15) is 0 Å². The molecule has 0 aromatic rings. The van der Waals surface area contributed by atoms with Crippen molar-refractivity contribution in [1.29, 1.82) is 0 Å². The minimum absolute atomic E-state index is 0.526. The molecule has 0 aromatic heterocycles. The van der Waals surface area contributed by atoms with E-state index in [1.54, 1.807) is 5.54 Å². The van der Waals surface area contributed by atoms with Crippen molar-refractivity contribution in [3.8, 4) is 0 Å². The van der Waals surface area contributed by atoms with Gasteiger partial charge in [-0.3, -0.25) is 0 Å². The summed E-state index contributed by atoms with van der Waals surface area (Å²) in [6, 6.07) is 0. The first-order chi connectivity index (χ1) is 11.9. The number of fused-ring (bicyclic) bond motifs is 5. The fourth-order valence-corrected chi connectivity index (χ4v) is 8.75. The normalized spacial score (nSPS) is 53.1. The molecule has 25 heavy (non-hydrogen) atoms. The predicted molar refractivity (Wildman–Crippen MR) is 109 cm³/mol. The Morgan fingerprint density at radius 1 is 0.960 bits per heavy atom. The van der Waals surface area contributed by atoms with Gasteiger partial charge in [0, 0.05) is 10.6 Å². The van der Waals surface area contributed by atoms with Crippen LogP contribution >= 0.6 is 23.2 Å². The van der Waals surface area contributed by atoms with E-state index in [-0.39, 0.29) is 0 Å². The lowest BCUT2D eigenvalue weighted by atomic mass is 9.44. The lowest BCUT2D eigenvalue weighted by molar-refractivity contribution is -0.115. The maximum absolute atomic E-state index is 6.41. The van der Waals surface area contributed by atoms with Gasteiger partial charge in [0.25, 0.3) is 0 Å². The third-order valence-corrected chi connectivity index (χ3v) is 10.6. The zero-order valence-corrected chi connectivity index (χ0v) is 17.9. The van der Waals surface area contributed by atoms with E-state index in [1.807, 2.05) is 0 Å². The average molecular weight is 383 g/mol. The van der Waals surface area contributed by atoms with Gasteiger partial charge in [-0.25, -0.2) is 0 Å². The fraction of sp³-hybridized carbons (Fsp3) is 0.913. The van der Waals surface area contributed by atoms with Crippen LogP contribution in [0.5, 0.6) is 0 Å². The molecule has 0 spiro atoms. The third kappa shape index (κ3) is 2.75. The molecule has 8 atom stereocenters. The first kappa shape index (κ1) is 18.7. The summed E-state index contributed by atoms with van der Waals surface area (Å²) in [5, 5.41) is 0.906. The molecule has 2 unspecified atom stereocenters. The second-order valence-electron chi connectivity index (χ2n) is 10.3. The number of hydrogen-bond acceptors (Lipinski definition) is 0. The van der Waals surface area contributed by atoms with E-state index in [0.29, 0.717) is 16.7 Å². The van der Waals surface area contributed by atoms with Crippen LogP contribution in [0.1, 0.15) is 85.0 Å². The molecule has 0 aromatic carbocycles. The van der Waals surface area contributed by atoms with E-state index in [4.69, 9.17) is 23.2 Å². The Morgan fingerprint density at radius 3 is 2.40 bits per heavy atom. The molecular formula is C23H36Cl2. The van der Waals surface area contributed by atoms with Crippen LogP contribution in [0.15, 0.2) is 10.6 Å². The van der Waals surface area contributed by atoms with E-state index in [0.717, 1.165) is 34.6 Å². The van der Waals surface area contributed by atoms with Crippen molar-refractivity contribution in [3.63, 3.8) is 0 Å². The number of hydrogen-bond donors (Lipinski definition) is 0. The van der Waals surface area contributed by atoms with Gasteiger partial charge in [0.2, 0.25) is 0 Å². The summed E-state index contributed by atoms with van der Waals surface area (Å²) < 4.78 is 0. The van der Waals surface area contributed by atoms with Crippen molar-refractivity contribution in [3.05, 3.63) is 10.6 Å². The molecule has 0 N–H and O–H groups in total. The van der Waals surface area contributed by atoms with Crippen molar-refractivity contribution >= 4 is 23.2 Å². The van der Waals surface area contributed by atoms with Gasteiger partial charge in [0.15, 0.2) is 0 Å². The molecule has 0 heterocycles. The molecule has 4 fully saturated rings. The average Bonchev–Trinajstić information content (AvgIpc) is 2.96. The smallest absolute Gasteiger partial charge is 0.0324 e. The van der Waals surface area contributed by atoms with Gasteiger partial charge >= 0.3 is 0 Å². The summed E-state index contributed by atoms with van der Waals surface area (Å²) >= 11 is 12.3. The minimum Gasteiger partial charge on any atom is -0.0917 e. The Bertz CT molecular complexity index is 540. The standard InChI is InChI=1S/C23H36Cl2/c1-4-16-6-8-19-18-7-5-17-13-15(21(25)14-24)9-11-23(17,3)20(18)10-12-22(16,19)2/h14-20H,4-13H2,1-3H3/t15?,16-,17?,18-,19-,20-,22+,23-/m0/s1. The molecule has 4 saturated carbocycles. The maximum Gasteiger partial charge on any atom is 0.0324 e. The number of rotatable bonds is 2. The van der Waals surface area contributed by atoms with E-state index in [1.165, 1.54) is 64.2 Å². The maximum atomic E-state index is 6.41. The van der Waals surface area contributed by atoms with Crippen molar-refractivity contribution in [2.75, 3.05) is 0 Å². The lowest BCUT2D eigenvalue weighted by Crippen LogP contribution is -2.53. The van der Waals surface area contributed by atoms with Crippen LogP contribution < -0.4 is 0 Å². The molecule has 0 radical (unpaired) electrons. The first-order valence-electron chi connectivity index (χ1n) is 10.9. The van der Waals surface area contributed by atoms with Gasteiger partial charge in [-0.1, -0.05) is 50.4 Å². The zero-order chi connectivity index (χ0) is 17.8. The zero-order valence-electron chi connectivity index (χ0n) is 16.4. The monoisotopic (exact) mass is 382 g/mol. The summed E-state index contributed by atoms with van der Waals surface area (Å²) in [5.41, 5.74) is 2.84. The summed E-state index contributed by atoms with van der Waals surface area (Å²) in [7, 11) is 0. The summed E-state index contributed by atoms with van der Waals surface area (Å²) in [4.78, 5) is 0. The van der Waals surface area contributed by atoms with E-state index >= 15 is 0 Å². The molecule has 0 aliphatic heterocycles. The molecule has 0 amide bonds. The van der Waals surface area contributed by atoms with Crippen LogP contribution in [0.3, 0.4) is 0 Å². The minimum atomic E-state index is 0.526. The van der Waals surface area contributed by atoms with Gasteiger partial charge in [-0.15, -0.1) is 0 Å². The summed E-state index contributed by atoms with van der Waals surface area (Å²) in [5.74, 6) is 5.38. The van der Waals surface area contributed by atoms with Crippen LogP contribution in [0.25, 0.3) is 0 Å². The summed E-state index contributed by atoms with van der Waals surface area (Å²) in [6.45, 7) is 7.74. The molecule has 2 heteroatoms. The molecule has 0 bridgehead atoms. The Hall–Kier alpha value is 0.320. The van der Waals surface area contributed by atoms with Crippen LogP contribution in [0.4, 0.5) is 0 Å². The highest BCUT2D eigenvalue weighted by atomic mass is 35.5. The second kappa shape index (κ2) is 6.73. The molecule has 142 valence electrons. The van der Waals surface area contributed by atoms with Crippen molar-refractivity contribution in [1.82, 2.24) is 0 Å². The van der Waals surface area contributed by atoms with Gasteiger partial charge in [0.05, 0.1) is 0 Å². The highest BCUT2D eigenvalue weighted by Gasteiger charge is 2.59. The van der Waals surface area contributed by atoms with Gasteiger partial charge in [-0.05, 0) is 104 Å². The Labute approximate surface area is 165 Å². The predicted octanol–water partition coefficient (Wildman–Crippen LogP) is 7.99. The SMILES string of the molecule is CC[C@H]1CC[C@H]2[C@@H]3CCC4CC(C(Cl)=CCl)CC[C@]4(C)[C@H]3CC[C@]12C.